The van der Waals surface area contributed by atoms with Gasteiger partial charge in [0.2, 0.25) is 5.91 Å². The normalized spacial score (nSPS) is 17.5. The van der Waals surface area contributed by atoms with Gasteiger partial charge >= 0.3 is 11.9 Å². The summed E-state index contributed by atoms with van der Waals surface area (Å²) < 4.78 is 10.5. The molecule has 3 rings (SSSR count). The Morgan fingerprint density at radius 2 is 1.61 bits per heavy atom. The molecule has 2 aliphatic rings. The number of nitrogens with zero attached hydrogens (tertiary/aromatic N) is 1. The molecule has 0 saturated carbocycles. The van der Waals surface area contributed by atoms with E-state index >= 15 is 0 Å². The van der Waals surface area contributed by atoms with Gasteiger partial charge in [0.1, 0.15) is 9.81 Å². The van der Waals surface area contributed by atoms with Crippen molar-refractivity contribution in [2.75, 3.05) is 19.1 Å². The zero-order chi connectivity index (χ0) is 24.7. The fourth-order valence-corrected chi connectivity index (χ4v) is 6.85. The van der Waals surface area contributed by atoms with Crippen LogP contribution in [0.2, 0.25) is 0 Å². The first-order chi connectivity index (χ1) is 15.4. The van der Waals surface area contributed by atoms with Crippen LogP contribution in [-0.2, 0) is 23.9 Å². The number of benzene rings is 1. The zero-order valence-corrected chi connectivity index (χ0v) is 22.2. The molecule has 0 fully saturated rings. The summed E-state index contributed by atoms with van der Waals surface area (Å²) in [7, 11) is 2.54. The van der Waals surface area contributed by atoms with E-state index in [9.17, 15) is 14.4 Å². The second-order valence-corrected chi connectivity index (χ2v) is 11.5. The lowest BCUT2D eigenvalue weighted by molar-refractivity contribution is -0.138. The standard InChI is InChI=1S/C24H27NO5S3/c1-12(2)10-16(26)25-15-9-8-13(3)11-14(15)17(20(31)24(25,4)5)23-32-18(21(27)29-6)19(33-23)22(28)30-7/h8-9,11-12H,10H2,1-7H3. The van der Waals surface area contributed by atoms with Gasteiger partial charge in [0.05, 0.1) is 34.5 Å². The van der Waals surface area contributed by atoms with Crippen LogP contribution in [0.5, 0.6) is 0 Å². The second-order valence-electron chi connectivity index (χ2n) is 8.74. The van der Waals surface area contributed by atoms with Gasteiger partial charge in [0.15, 0.2) is 0 Å². The summed E-state index contributed by atoms with van der Waals surface area (Å²) in [6.07, 6.45) is 0.398. The fourth-order valence-electron chi connectivity index (χ4n) is 3.82. The number of carbonyl (C=O) groups excluding carboxylic acids is 3. The molecule has 1 amide bonds. The average molecular weight is 506 g/mol. The summed E-state index contributed by atoms with van der Waals surface area (Å²) in [6.45, 7) is 9.85. The minimum absolute atomic E-state index is 0.00172. The van der Waals surface area contributed by atoms with Crippen molar-refractivity contribution in [2.45, 2.75) is 46.6 Å². The number of carbonyl (C=O) groups is 3. The van der Waals surface area contributed by atoms with Gasteiger partial charge in [-0.15, -0.1) is 0 Å². The van der Waals surface area contributed by atoms with Crippen LogP contribution in [0.1, 0.15) is 45.2 Å². The highest BCUT2D eigenvalue weighted by Gasteiger charge is 2.46. The predicted molar refractivity (Wildman–Crippen MR) is 138 cm³/mol. The number of anilines is 1. The minimum atomic E-state index is -0.785. The van der Waals surface area contributed by atoms with Gasteiger partial charge in [-0.1, -0.05) is 61.2 Å². The molecule has 0 bridgehead atoms. The highest BCUT2D eigenvalue weighted by atomic mass is 32.2. The molecule has 6 nitrogen and oxygen atoms in total. The summed E-state index contributed by atoms with van der Waals surface area (Å²) in [5, 5.41) is 0. The van der Waals surface area contributed by atoms with E-state index in [4.69, 9.17) is 21.7 Å². The lowest BCUT2D eigenvalue weighted by atomic mass is 9.82. The molecule has 9 heteroatoms. The Morgan fingerprint density at radius 1 is 1.06 bits per heavy atom. The monoisotopic (exact) mass is 505 g/mol. The van der Waals surface area contributed by atoms with Crippen LogP contribution in [0.25, 0.3) is 5.57 Å². The van der Waals surface area contributed by atoms with Crippen LogP contribution in [0.4, 0.5) is 5.69 Å². The molecule has 0 aromatic heterocycles. The van der Waals surface area contributed by atoms with Crippen LogP contribution in [-0.4, -0.2) is 42.5 Å². The number of hydrogen-bond acceptors (Lipinski definition) is 8. The van der Waals surface area contributed by atoms with Crippen molar-refractivity contribution in [3.63, 3.8) is 0 Å². The third kappa shape index (κ3) is 4.63. The smallest absolute Gasteiger partial charge is 0.346 e. The van der Waals surface area contributed by atoms with Crippen LogP contribution in [0.15, 0.2) is 32.2 Å². The van der Waals surface area contributed by atoms with Crippen molar-refractivity contribution < 1.29 is 23.9 Å². The molecular weight excluding hydrogens is 478 g/mol. The van der Waals surface area contributed by atoms with Crippen molar-refractivity contribution in [3.05, 3.63) is 43.4 Å². The van der Waals surface area contributed by atoms with Gasteiger partial charge in [-0.3, -0.25) is 4.79 Å². The Hall–Kier alpha value is -2.10. The Balaban J connectivity index is 2.23. The zero-order valence-electron chi connectivity index (χ0n) is 19.7. The summed E-state index contributed by atoms with van der Waals surface area (Å²) >= 11 is 8.27. The molecule has 0 spiro atoms. The van der Waals surface area contributed by atoms with Gasteiger partial charge < -0.3 is 14.4 Å². The Kier molecular flexibility index (Phi) is 7.45. The first-order valence-electron chi connectivity index (χ1n) is 10.4. The van der Waals surface area contributed by atoms with Crippen molar-refractivity contribution in [1.82, 2.24) is 0 Å². The van der Waals surface area contributed by atoms with Crippen LogP contribution >= 0.6 is 35.7 Å². The second kappa shape index (κ2) is 9.64. The molecular formula is C24H27NO5S3. The highest BCUT2D eigenvalue weighted by Crippen LogP contribution is 2.56. The maximum absolute atomic E-state index is 13.3. The van der Waals surface area contributed by atoms with Crippen molar-refractivity contribution in [1.29, 1.82) is 0 Å². The predicted octanol–water partition coefficient (Wildman–Crippen LogP) is 5.24. The van der Waals surface area contributed by atoms with Crippen LogP contribution < -0.4 is 4.90 Å². The van der Waals surface area contributed by atoms with Crippen molar-refractivity contribution in [2.24, 2.45) is 5.92 Å². The molecule has 1 aromatic rings. The van der Waals surface area contributed by atoms with Gasteiger partial charge in [-0.2, -0.15) is 0 Å². The summed E-state index contributed by atoms with van der Waals surface area (Å²) in [5.74, 6) is -1.02. The Labute approximate surface area is 208 Å². The molecule has 0 atom stereocenters. The lowest BCUT2D eigenvalue weighted by Gasteiger charge is -2.45. The van der Waals surface area contributed by atoms with E-state index in [1.165, 1.54) is 14.2 Å². The molecule has 2 heterocycles. The number of thioether (sulfide) groups is 2. The number of esters is 2. The third-order valence-corrected chi connectivity index (χ3v) is 8.64. The van der Waals surface area contributed by atoms with E-state index in [0.29, 0.717) is 15.5 Å². The quantitative estimate of drug-likeness (QED) is 0.312. The first-order valence-corrected chi connectivity index (χ1v) is 12.5. The lowest BCUT2D eigenvalue weighted by Crippen LogP contribution is -2.56. The number of amides is 1. The third-order valence-electron chi connectivity index (χ3n) is 5.38. The number of methoxy groups -OCH3 is 2. The summed E-state index contributed by atoms with van der Waals surface area (Å²) in [4.78, 5) is 40.8. The van der Waals surface area contributed by atoms with E-state index < -0.39 is 17.5 Å². The van der Waals surface area contributed by atoms with Crippen molar-refractivity contribution >= 4 is 69.7 Å². The SMILES string of the molecule is COC(=O)C1=C(C(=O)OC)SC(=C2C(=S)C(C)(C)N(C(=O)CC(C)C)c3ccc(C)cc32)S1. The van der Waals surface area contributed by atoms with Gasteiger partial charge in [-0.25, -0.2) is 9.59 Å². The molecule has 1 aromatic carbocycles. The average Bonchev–Trinajstić information content (AvgIpc) is 3.18. The van der Waals surface area contributed by atoms with E-state index in [-0.39, 0.29) is 21.6 Å². The maximum atomic E-state index is 13.3. The number of rotatable bonds is 4. The van der Waals surface area contributed by atoms with Gasteiger partial charge in [0, 0.05) is 17.6 Å². The van der Waals surface area contributed by atoms with Gasteiger partial charge in [0.25, 0.3) is 0 Å². The summed E-state index contributed by atoms with van der Waals surface area (Å²) in [5.41, 5.74) is 2.54. The highest BCUT2D eigenvalue weighted by molar-refractivity contribution is 8.29. The number of aryl methyl sites for hydroxylation is 1. The molecule has 0 unspecified atom stereocenters. The topological polar surface area (TPSA) is 72.9 Å². The first kappa shape index (κ1) is 25.5. The summed E-state index contributed by atoms with van der Waals surface area (Å²) in [6, 6.07) is 5.89. The molecule has 33 heavy (non-hydrogen) atoms. The largest absolute Gasteiger partial charge is 0.465 e. The fraction of sp³-hybridized carbons (Fsp3) is 0.417. The van der Waals surface area contributed by atoms with E-state index in [1.807, 2.05) is 52.8 Å². The van der Waals surface area contributed by atoms with Gasteiger partial charge in [-0.05, 0) is 38.8 Å². The maximum Gasteiger partial charge on any atom is 0.346 e. The molecule has 0 aliphatic carbocycles. The molecule has 0 radical (unpaired) electrons. The minimum Gasteiger partial charge on any atom is -0.465 e. The molecule has 0 saturated heterocycles. The molecule has 0 N–H and O–H groups in total. The van der Waals surface area contributed by atoms with E-state index in [2.05, 4.69) is 0 Å². The van der Waals surface area contributed by atoms with Crippen LogP contribution in [0, 0.1) is 12.8 Å². The Bertz CT molecular complexity index is 1090. The number of hydrogen-bond donors (Lipinski definition) is 0. The number of thiocarbonyl (C=S) groups is 1. The number of ether oxygens (including phenoxy) is 2. The Morgan fingerprint density at radius 3 is 2.09 bits per heavy atom. The van der Waals surface area contributed by atoms with E-state index in [1.54, 1.807) is 4.90 Å². The number of fused-ring (bicyclic) bond motifs is 1. The van der Waals surface area contributed by atoms with Crippen molar-refractivity contribution in [3.8, 4) is 0 Å². The van der Waals surface area contributed by atoms with Crippen LogP contribution in [0.3, 0.4) is 0 Å². The molecule has 2 aliphatic heterocycles. The van der Waals surface area contributed by atoms with E-state index in [0.717, 1.165) is 45.9 Å². The molecule has 176 valence electrons.